The molecule has 1 aromatic heterocycles. The molecule has 0 saturated carbocycles. The number of anilines is 1. The van der Waals surface area contributed by atoms with E-state index >= 15 is 0 Å². The first-order valence-electron chi connectivity index (χ1n) is 4.54. The molecule has 5 heteroatoms. The van der Waals surface area contributed by atoms with E-state index in [2.05, 4.69) is 4.98 Å². The van der Waals surface area contributed by atoms with Crippen molar-refractivity contribution in [3.8, 4) is 0 Å². The van der Waals surface area contributed by atoms with Crippen LogP contribution in [-0.2, 0) is 11.2 Å². The van der Waals surface area contributed by atoms with Gasteiger partial charge < -0.3 is 14.9 Å². The molecule has 0 atom stereocenters. The van der Waals surface area contributed by atoms with Gasteiger partial charge in [-0.2, -0.15) is 0 Å². The Kier molecular flexibility index (Phi) is 2.55. The molecule has 2 N–H and O–H groups in total. The number of hydrogen-bond donors (Lipinski definition) is 1. The Bertz CT molecular complexity index is 481. The van der Waals surface area contributed by atoms with Crippen LogP contribution in [-0.4, -0.2) is 18.7 Å². The number of hydrogen-bond acceptors (Lipinski definition) is 4. The lowest BCUT2D eigenvalue weighted by atomic mass is 10.3. The van der Waals surface area contributed by atoms with E-state index in [-0.39, 0.29) is 5.58 Å². The van der Waals surface area contributed by atoms with Gasteiger partial charge in [0.05, 0.1) is 6.61 Å². The van der Waals surface area contributed by atoms with Crippen molar-refractivity contribution in [2.45, 2.75) is 6.42 Å². The maximum atomic E-state index is 13.3. The van der Waals surface area contributed by atoms with Gasteiger partial charge in [0.2, 0.25) is 0 Å². The molecule has 0 saturated heterocycles. The number of nitrogen functional groups attached to an aromatic ring is 1. The molecule has 0 amide bonds. The summed E-state index contributed by atoms with van der Waals surface area (Å²) < 4.78 is 23.4. The topological polar surface area (TPSA) is 61.3 Å². The zero-order valence-corrected chi connectivity index (χ0v) is 8.29. The SMILES string of the molecule is COCCc1nc2cc(N)cc(F)c2o1. The third-order valence-corrected chi connectivity index (χ3v) is 2.03. The zero-order chi connectivity index (χ0) is 10.8. The fourth-order valence-electron chi connectivity index (χ4n) is 1.35. The average Bonchev–Trinajstić information content (AvgIpc) is 2.57. The van der Waals surface area contributed by atoms with Gasteiger partial charge in [-0.25, -0.2) is 9.37 Å². The summed E-state index contributed by atoms with van der Waals surface area (Å²) in [7, 11) is 1.58. The molecule has 0 aliphatic rings. The Hall–Kier alpha value is -1.62. The van der Waals surface area contributed by atoms with Crippen molar-refractivity contribution in [2.24, 2.45) is 0 Å². The summed E-state index contributed by atoms with van der Waals surface area (Å²) in [5.74, 6) is -0.0301. The lowest BCUT2D eigenvalue weighted by Crippen LogP contribution is -1.93. The van der Waals surface area contributed by atoms with Crippen LogP contribution < -0.4 is 5.73 Å². The number of oxazole rings is 1. The van der Waals surface area contributed by atoms with Crippen molar-refractivity contribution >= 4 is 16.8 Å². The van der Waals surface area contributed by atoms with Gasteiger partial charge in [0.1, 0.15) is 5.52 Å². The largest absolute Gasteiger partial charge is 0.438 e. The van der Waals surface area contributed by atoms with Gasteiger partial charge in [0, 0.05) is 25.3 Å². The number of rotatable bonds is 3. The Morgan fingerprint density at radius 2 is 2.33 bits per heavy atom. The second-order valence-corrected chi connectivity index (χ2v) is 3.20. The number of aromatic nitrogens is 1. The Morgan fingerprint density at radius 3 is 3.07 bits per heavy atom. The molecule has 1 heterocycles. The van der Waals surface area contributed by atoms with E-state index in [1.54, 1.807) is 13.2 Å². The van der Waals surface area contributed by atoms with Crippen LogP contribution in [0.1, 0.15) is 5.89 Å². The zero-order valence-electron chi connectivity index (χ0n) is 8.29. The molecular weight excluding hydrogens is 199 g/mol. The van der Waals surface area contributed by atoms with E-state index in [0.29, 0.717) is 30.1 Å². The maximum absolute atomic E-state index is 13.3. The molecule has 2 aromatic rings. The summed E-state index contributed by atoms with van der Waals surface area (Å²) >= 11 is 0. The van der Waals surface area contributed by atoms with Crippen molar-refractivity contribution in [2.75, 3.05) is 19.5 Å². The van der Waals surface area contributed by atoms with E-state index in [1.807, 2.05) is 0 Å². The highest BCUT2D eigenvalue weighted by Crippen LogP contribution is 2.22. The maximum Gasteiger partial charge on any atom is 0.197 e. The van der Waals surface area contributed by atoms with Gasteiger partial charge in [0.25, 0.3) is 0 Å². The molecular formula is C10H11FN2O2. The molecule has 0 radical (unpaired) electrons. The van der Waals surface area contributed by atoms with Gasteiger partial charge in [-0.05, 0) is 6.07 Å². The average molecular weight is 210 g/mol. The minimum Gasteiger partial charge on any atom is -0.438 e. The predicted molar refractivity (Wildman–Crippen MR) is 54.0 cm³/mol. The summed E-state index contributed by atoms with van der Waals surface area (Å²) in [5, 5.41) is 0. The second kappa shape index (κ2) is 3.86. The van der Waals surface area contributed by atoms with Crippen molar-refractivity contribution in [3.63, 3.8) is 0 Å². The van der Waals surface area contributed by atoms with E-state index < -0.39 is 5.82 Å². The number of methoxy groups -OCH3 is 1. The molecule has 0 aliphatic heterocycles. The van der Waals surface area contributed by atoms with Crippen molar-refractivity contribution in [1.82, 2.24) is 4.98 Å². The molecule has 0 bridgehead atoms. The van der Waals surface area contributed by atoms with E-state index in [9.17, 15) is 4.39 Å². The number of benzene rings is 1. The molecule has 0 fully saturated rings. The second-order valence-electron chi connectivity index (χ2n) is 3.20. The van der Waals surface area contributed by atoms with Crippen molar-refractivity contribution in [3.05, 3.63) is 23.8 Å². The Labute approximate surface area is 85.8 Å². The monoisotopic (exact) mass is 210 g/mol. The van der Waals surface area contributed by atoms with Gasteiger partial charge in [-0.1, -0.05) is 0 Å². The number of nitrogens with two attached hydrogens (primary N) is 1. The minimum absolute atomic E-state index is 0.148. The number of halogens is 1. The van der Waals surface area contributed by atoms with Crippen LogP contribution in [0.4, 0.5) is 10.1 Å². The van der Waals surface area contributed by atoms with Crippen LogP contribution in [0.2, 0.25) is 0 Å². The fraction of sp³-hybridized carbons (Fsp3) is 0.300. The van der Waals surface area contributed by atoms with Crippen molar-refractivity contribution < 1.29 is 13.5 Å². The van der Waals surface area contributed by atoms with Crippen LogP contribution in [0.5, 0.6) is 0 Å². The summed E-state index contributed by atoms with van der Waals surface area (Å²) in [6.45, 7) is 0.490. The molecule has 1 aromatic carbocycles. The van der Waals surface area contributed by atoms with E-state index in [4.69, 9.17) is 14.9 Å². The molecule has 0 aliphatic carbocycles. The summed E-state index contributed by atoms with van der Waals surface area (Å²) in [6, 6.07) is 2.80. The van der Waals surface area contributed by atoms with Gasteiger partial charge >= 0.3 is 0 Å². The van der Waals surface area contributed by atoms with Crippen LogP contribution in [0.15, 0.2) is 16.5 Å². The van der Waals surface area contributed by atoms with Gasteiger partial charge in [0.15, 0.2) is 17.3 Å². The quantitative estimate of drug-likeness (QED) is 0.784. The predicted octanol–water partition coefficient (Wildman–Crippen LogP) is 1.74. The van der Waals surface area contributed by atoms with E-state index in [0.717, 1.165) is 0 Å². The Morgan fingerprint density at radius 1 is 1.53 bits per heavy atom. The fourth-order valence-corrected chi connectivity index (χ4v) is 1.35. The summed E-state index contributed by atoms with van der Waals surface area (Å²) in [4.78, 5) is 4.11. The van der Waals surface area contributed by atoms with Crippen LogP contribution in [0.25, 0.3) is 11.1 Å². The normalized spacial score (nSPS) is 11.1. The highest BCUT2D eigenvalue weighted by atomic mass is 19.1. The summed E-state index contributed by atoms with van der Waals surface area (Å²) in [5.41, 5.74) is 6.42. The molecule has 15 heavy (non-hydrogen) atoms. The minimum atomic E-state index is -0.485. The molecule has 0 unspecified atom stereocenters. The molecule has 80 valence electrons. The lowest BCUT2D eigenvalue weighted by Gasteiger charge is -1.92. The molecule has 2 rings (SSSR count). The van der Waals surface area contributed by atoms with Gasteiger partial charge in [-0.15, -0.1) is 0 Å². The lowest BCUT2D eigenvalue weighted by molar-refractivity contribution is 0.195. The highest BCUT2D eigenvalue weighted by Gasteiger charge is 2.10. The first-order valence-corrected chi connectivity index (χ1v) is 4.54. The third kappa shape index (κ3) is 1.92. The Balaban J connectivity index is 2.41. The van der Waals surface area contributed by atoms with E-state index in [1.165, 1.54) is 6.07 Å². The molecule has 4 nitrogen and oxygen atoms in total. The standard InChI is InChI=1S/C10H11FN2O2/c1-14-3-2-9-13-8-5-6(12)4-7(11)10(8)15-9/h4-5H,2-3,12H2,1H3. The number of fused-ring (bicyclic) bond motifs is 1. The van der Waals surface area contributed by atoms with Gasteiger partial charge in [-0.3, -0.25) is 0 Å². The smallest absolute Gasteiger partial charge is 0.197 e. The number of nitrogens with zero attached hydrogens (tertiary/aromatic N) is 1. The summed E-state index contributed by atoms with van der Waals surface area (Å²) in [6.07, 6.45) is 0.518. The number of ether oxygens (including phenoxy) is 1. The van der Waals surface area contributed by atoms with Crippen LogP contribution in [0, 0.1) is 5.82 Å². The van der Waals surface area contributed by atoms with Crippen LogP contribution in [0.3, 0.4) is 0 Å². The first-order chi connectivity index (χ1) is 7.20. The van der Waals surface area contributed by atoms with Crippen molar-refractivity contribution in [1.29, 1.82) is 0 Å². The third-order valence-electron chi connectivity index (χ3n) is 2.03. The van der Waals surface area contributed by atoms with Crippen LogP contribution >= 0.6 is 0 Å². The first kappa shape index (κ1) is 9.92. The highest BCUT2D eigenvalue weighted by molar-refractivity contribution is 5.77. The molecule has 0 spiro atoms.